The molecule has 32 heavy (non-hydrogen) atoms. The minimum Gasteiger partial charge on any atom is -0.460 e. The molecule has 1 saturated heterocycles. The van der Waals surface area contributed by atoms with E-state index < -0.39 is 23.7 Å². The van der Waals surface area contributed by atoms with Crippen molar-refractivity contribution in [3.63, 3.8) is 0 Å². The molecule has 5 heteroatoms. The summed E-state index contributed by atoms with van der Waals surface area (Å²) in [5, 5.41) is 2.72. The number of cyclic esters (lactones) is 1. The minimum absolute atomic E-state index is 0.0700. The highest BCUT2D eigenvalue weighted by molar-refractivity contribution is 5.81. The summed E-state index contributed by atoms with van der Waals surface area (Å²) in [6, 6.07) is 20.0. The Kier molecular flexibility index (Phi) is 7.94. The highest BCUT2D eigenvalue weighted by atomic mass is 16.6. The number of alkyl carbamates (subject to hydrolysis) is 1. The van der Waals surface area contributed by atoms with E-state index in [-0.39, 0.29) is 12.0 Å². The van der Waals surface area contributed by atoms with Gasteiger partial charge in [-0.1, -0.05) is 67.1 Å². The summed E-state index contributed by atoms with van der Waals surface area (Å²) in [4.78, 5) is 25.3. The Morgan fingerprint density at radius 2 is 1.66 bits per heavy atom. The van der Waals surface area contributed by atoms with Crippen molar-refractivity contribution in [2.75, 3.05) is 0 Å². The van der Waals surface area contributed by atoms with Gasteiger partial charge in [0.05, 0.1) is 0 Å². The molecule has 172 valence electrons. The number of carbonyl (C=O) groups is 2. The molecule has 1 N–H and O–H groups in total. The summed E-state index contributed by atoms with van der Waals surface area (Å²) < 4.78 is 11.3. The van der Waals surface area contributed by atoms with Crippen LogP contribution in [0.3, 0.4) is 0 Å². The molecule has 0 aromatic heterocycles. The molecule has 5 nitrogen and oxygen atoms in total. The SMILES string of the molecule is CC1OC(=O)C(NC(=O)OC(C)(C)C)CCCC(Cc2ccccc2)C1c1ccccc1. The Bertz CT molecular complexity index is 876. The van der Waals surface area contributed by atoms with Crippen LogP contribution in [0.15, 0.2) is 60.7 Å². The standard InChI is InChI=1S/C27H35NO4/c1-19-24(21-14-9-6-10-15-21)22(18-20-12-7-5-8-13-20)16-11-17-23(25(29)31-19)28-26(30)32-27(2,3)4/h5-10,12-15,19,22-24H,11,16-18H2,1-4H3,(H,28,30). The molecule has 4 unspecified atom stereocenters. The van der Waals surface area contributed by atoms with E-state index in [2.05, 4.69) is 41.7 Å². The predicted octanol–water partition coefficient (Wildman–Crippen LogP) is 5.64. The van der Waals surface area contributed by atoms with Gasteiger partial charge in [0, 0.05) is 5.92 Å². The van der Waals surface area contributed by atoms with Gasteiger partial charge in [0.25, 0.3) is 0 Å². The zero-order chi connectivity index (χ0) is 23.1. The number of rotatable bonds is 4. The summed E-state index contributed by atoms with van der Waals surface area (Å²) in [6.07, 6.45) is 2.26. The fraction of sp³-hybridized carbons (Fsp3) is 0.481. The van der Waals surface area contributed by atoms with Gasteiger partial charge in [0.15, 0.2) is 0 Å². The Balaban J connectivity index is 1.83. The zero-order valence-electron chi connectivity index (χ0n) is 19.5. The third-order valence-electron chi connectivity index (χ3n) is 5.88. The van der Waals surface area contributed by atoms with E-state index in [0.717, 1.165) is 19.3 Å². The van der Waals surface area contributed by atoms with E-state index >= 15 is 0 Å². The number of hydrogen-bond donors (Lipinski definition) is 1. The monoisotopic (exact) mass is 437 g/mol. The summed E-state index contributed by atoms with van der Waals surface area (Å²) >= 11 is 0. The average molecular weight is 438 g/mol. The predicted molar refractivity (Wildman–Crippen MR) is 125 cm³/mol. The van der Waals surface area contributed by atoms with Gasteiger partial charge >= 0.3 is 12.1 Å². The van der Waals surface area contributed by atoms with Gasteiger partial charge in [-0.2, -0.15) is 0 Å². The zero-order valence-corrected chi connectivity index (χ0v) is 19.5. The van der Waals surface area contributed by atoms with Crippen LogP contribution in [0.5, 0.6) is 0 Å². The Morgan fingerprint density at radius 1 is 1.03 bits per heavy atom. The van der Waals surface area contributed by atoms with Crippen LogP contribution >= 0.6 is 0 Å². The molecule has 1 aliphatic rings. The molecular weight excluding hydrogens is 402 g/mol. The molecule has 4 atom stereocenters. The molecule has 2 aromatic rings. The maximum absolute atomic E-state index is 13.0. The van der Waals surface area contributed by atoms with Crippen LogP contribution in [0.1, 0.15) is 64.0 Å². The molecule has 2 aromatic carbocycles. The number of esters is 1. The van der Waals surface area contributed by atoms with Crippen molar-refractivity contribution in [3.8, 4) is 0 Å². The van der Waals surface area contributed by atoms with Crippen molar-refractivity contribution < 1.29 is 19.1 Å². The lowest BCUT2D eigenvalue weighted by molar-refractivity contribution is -0.152. The second-order valence-corrected chi connectivity index (χ2v) is 9.66. The van der Waals surface area contributed by atoms with Crippen LogP contribution in [-0.4, -0.2) is 29.8 Å². The second kappa shape index (κ2) is 10.7. The van der Waals surface area contributed by atoms with Crippen LogP contribution < -0.4 is 5.32 Å². The van der Waals surface area contributed by atoms with Gasteiger partial charge in [-0.15, -0.1) is 0 Å². The quantitative estimate of drug-likeness (QED) is 0.629. The maximum Gasteiger partial charge on any atom is 0.408 e. The number of nitrogens with one attached hydrogen (secondary N) is 1. The Labute approximate surface area is 191 Å². The summed E-state index contributed by atoms with van der Waals surface area (Å²) in [7, 11) is 0. The molecule has 3 rings (SSSR count). The normalized spacial score (nSPS) is 24.4. The van der Waals surface area contributed by atoms with Gasteiger partial charge in [-0.3, -0.25) is 0 Å². The van der Waals surface area contributed by atoms with Gasteiger partial charge in [-0.25, -0.2) is 9.59 Å². The Hall–Kier alpha value is -2.82. The van der Waals surface area contributed by atoms with Crippen LogP contribution in [0, 0.1) is 5.92 Å². The lowest BCUT2D eigenvalue weighted by atomic mass is 9.76. The van der Waals surface area contributed by atoms with Gasteiger partial charge < -0.3 is 14.8 Å². The van der Waals surface area contributed by atoms with Crippen LogP contribution in [0.4, 0.5) is 4.79 Å². The van der Waals surface area contributed by atoms with E-state index in [9.17, 15) is 9.59 Å². The van der Waals surface area contributed by atoms with Gasteiger partial charge in [-0.05, 0) is 64.0 Å². The number of carbonyl (C=O) groups excluding carboxylic acids is 2. The third kappa shape index (κ3) is 6.84. The molecule has 1 aliphatic heterocycles. The average Bonchev–Trinajstić information content (AvgIpc) is 2.77. The van der Waals surface area contributed by atoms with E-state index in [1.165, 1.54) is 11.1 Å². The number of hydrogen-bond acceptors (Lipinski definition) is 4. The fourth-order valence-corrected chi connectivity index (χ4v) is 4.55. The van der Waals surface area contributed by atoms with E-state index in [4.69, 9.17) is 9.47 Å². The molecule has 1 heterocycles. The molecular formula is C27H35NO4. The van der Waals surface area contributed by atoms with E-state index in [1.807, 2.05) is 31.2 Å². The molecule has 0 spiro atoms. The first kappa shape index (κ1) is 23.8. The van der Waals surface area contributed by atoms with Gasteiger partial charge in [0.1, 0.15) is 17.7 Å². The van der Waals surface area contributed by atoms with E-state index in [0.29, 0.717) is 12.3 Å². The van der Waals surface area contributed by atoms with Gasteiger partial charge in [0.2, 0.25) is 0 Å². The topological polar surface area (TPSA) is 64.6 Å². The largest absolute Gasteiger partial charge is 0.460 e. The molecule has 1 amide bonds. The third-order valence-corrected chi connectivity index (χ3v) is 5.88. The van der Waals surface area contributed by atoms with Crippen molar-refractivity contribution in [2.45, 2.75) is 77.0 Å². The first-order chi connectivity index (χ1) is 15.2. The van der Waals surface area contributed by atoms with Crippen molar-refractivity contribution in [1.29, 1.82) is 0 Å². The molecule has 0 radical (unpaired) electrons. The van der Waals surface area contributed by atoms with Crippen molar-refractivity contribution in [1.82, 2.24) is 5.32 Å². The fourth-order valence-electron chi connectivity index (χ4n) is 4.55. The molecule has 0 saturated carbocycles. The number of benzene rings is 2. The summed E-state index contributed by atoms with van der Waals surface area (Å²) in [5.74, 6) is -0.0202. The van der Waals surface area contributed by atoms with Crippen molar-refractivity contribution in [2.24, 2.45) is 5.92 Å². The van der Waals surface area contributed by atoms with Crippen LogP contribution in [0.2, 0.25) is 0 Å². The van der Waals surface area contributed by atoms with E-state index in [1.54, 1.807) is 20.8 Å². The molecule has 0 bridgehead atoms. The lowest BCUT2D eigenvalue weighted by Gasteiger charge is -2.32. The highest BCUT2D eigenvalue weighted by Crippen LogP contribution is 2.37. The number of ether oxygens (including phenoxy) is 2. The maximum atomic E-state index is 13.0. The summed E-state index contributed by atoms with van der Waals surface area (Å²) in [5.41, 5.74) is 1.82. The Morgan fingerprint density at radius 3 is 2.28 bits per heavy atom. The highest BCUT2D eigenvalue weighted by Gasteiger charge is 2.35. The number of amides is 1. The smallest absolute Gasteiger partial charge is 0.408 e. The van der Waals surface area contributed by atoms with Crippen molar-refractivity contribution >= 4 is 12.1 Å². The second-order valence-electron chi connectivity index (χ2n) is 9.66. The minimum atomic E-state index is -0.709. The first-order valence-electron chi connectivity index (χ1n) is 11.5. The first-order valence-corrected chi connectivity index (χ1v) is 11.5. The van der Waals surface area contributed by atoms with Crippen LogP contribution in [-0.2, 0) is 20.7 Å². The van der Waals surface area contributed by atoms with Crippen molar-refractivity contribution in [3.05, 3.63) is 71.8 Å². The molecule has 0 aliphatic carbocycles. The van der Waals surface area contributed by atoms with Crippen LogP contribution in [0.25, 0.3) is 0 Å². The molecule has 1 fully saturated rings. The lowest BCUT2D eigenvalue weighted by Crippen LogP contribution is -2.45. The summed E-state index contributed by atoms with van der Waals surface area (Å²) in [6.45, 7) is 7.36.